The number of nitrogens with two attached hydrogens (primary N) is 1. The van der Waals surface area contributed by atoms with Gasteiger partial charge in [0, 0.05) is 16.8 Å². The van der Waals surface area contributed by atoms with Gasteiger partial charge in [-0.1, -0.05) is 27.7 Å². The standard InChI is InChI=1S/C17H28N2OS/c1-5-12-8-9-21-15(12)10-19-16(20)13-6-7-14(18)11(2)17(13,3)4/h8-9,11,13-14H,5-7,10,18H2,1-4H3,(H,19,20). The van der Waals surface area contributed by atoms with Crippen LogP contribution in [-0.4, -0.2) is 11.9 Å². The predicted octanol–water partition coefficient (Wildman–Crippen LogP) is 3.33. The summed E-state index contributed by atoms with van der Waals surface area (Å²) in [4.78, 5) is 13.9. The lowest BCUT2D eigenvalue weighted by Gasteiger charge is -2.46. The van der Waals surface area contributed by atoms with Crippen LogP contribution in [0, 0.1) is 17.3 Å². The van der Waals surface area contributed by atoms with Crippen molar-refractivity contribution in [1.29, 1.82) is 0 Å². The van der Waals surface area contributed by atoms with Gasteiger partial charge in [0.15, 0.2) is 0 Å². The minimum absolute atomic E-state index is 0.0369. The molecule has 3 N–H and O–H groups in total. The highest BCUT2D eigenvalue weighted by Crippen LogP contribution is 2.44. The smallest absolute Gasteiger partial charge is 0.223 e. The highest BCUT2D eigenvalue weighted by atomic mass is 32.1. The second-order valence-electron chi connectivity index (χ2n) is 6.84. The number of amides is 1. The Morgan fingerprint density at radius 3 is 2.86 bits per heavy atom. The summed E-state index contributed by atoms with van der Waals surface area (Å²) in [5.74, 6) is 0.626. The largest absolute Gasteiger partial charge is 0.351 e. The molecule has 1 aromatic rings. The number of hydrogen-bond donors (Lipinski definition) is 2. The fourth-order valence-corrected chi connectivity index (χ4v) is 4.36. The summed E-state index contributed by atoms with van der Waals surface area (Å²) < 4.78 is 0. The Bertz CT molecular complexity index is 495. The van der Waals surface area contributed by atoms with Crippen molar-refractivity contribution in [2.24, 2.45) is 23.0 Å². The van der Waals surface area contributed by atoms with E-state index >= 15 is 0 Å². The summed E-state index contributed by atoms with van der Waals surface area (Å²) in [5.41, 5.74) is 7.48. The van der Waals surface area contributed by atoms with Crippen molar-refractivity contribution < 1.29 is 4.79 Å². The molecule has 1 aliphatic carbocycles. The van der Waals surface area contributed by atoms with Gasteiger partial charge in [-0.05, 0) is 47.6 Å². The molecule has 21 heavy (non-hydrogen) atoms. The minimum atomic E-state index is -0.0369. The van der Waals surface area contributed by atoms with E-state index in [1.807, 2.05) is 0 Å². The molecule has 0 aromatic carbocycles. The number of carbonyl (C=O) groups excluding carboxylic acids is 1. The zero-order valence-electron chi connectivity index (χ0n) is 13.6. The van der Waals surface area contributed by atoms with Gasteiger partial charge in [-0.2, -0.15) is 0 Å². The molecule has 1 heterocycles. The third kappa shape index (κ3) is 3.32. The molecule has 2 rings (SSSR count). The van der Waals surface area contributed by atoms with E-state index < -0.39 is 0 Å². The van der Waals surface area contributed by atoms with Gasteiger partial charge in [-0.15, -0.1) is 11.3 Å². The quantitative estimate of drug-likeness (QED) is 0.896. The van der Waals surface area contributed by atoms with Crippen molar-refractivity contribution >= 4 is 17.2 Å². The zero-order chi connectivity index (χ0) is 15.6. The Balaban J connectivity index is 2.00. The van der Waals surface area contributed by atoms with Crippen LogP contribution in [-0.2, 0) is 17.8 Å². The molecule has 0 aliphatic heterocycles. The van der Waals surface area contributed by atoms with Crippen molar-refractivity contribution in [1.82, 2.24) is 5.32 Å². The molecule has 1 saturated carbocycles. The van der Waals surface area contributed by atoms with Crippen molar-refractivity contribution in [3.63, 3.8) is 0 Å². The summed E-state index contributed by atoms with van der Waals surface area (Å²) in [7, 11) is 0. The summed E-state index contributed by atoms with van der Waals surface area (Å²) in [6, 6.07) is 2.37. The van der Waals surface area contributed by atoms with Crippen LogP contribution in [0.1, 0.15) is 51.0 Å². The first-order chi connectivity index (χ1) is 9.87. The summed E-state index contributed by atoms with van der Waals surface area (Å²) in [6.45, 7) is 9.36. The zero-order valence-corrected chi connectivity index (χ0v) is 14.4. The molecule has 0 radical (unpaired) electrons. The SMILES string of the molecule is CCc1ccsc1CNC(=O)C1CCC(N)C(C)C1(C)C. The van der Waals surface area contributed by atoms with E-state index in [4.69, 9.17) is 5.73 Å². The van der Waals surface area contributed by atoms with Crippen LogP contribution >= 0.6 is 11.3 Å². The molecular formula is C17H28N2OS. The van der Waals surface area contributed by atoms with Crippen molar-refractivity contribution in [2.75, 3.05) is 0 Å². The summed E-state index contributed by atoms with van der Waals surface area (Å²) in [6.07, 6.45) is 2.87. The Morgan fingerprint density at radius 1 is 1.48 bits per heavy atom. The van der Waals surface area contributed by atoms with E-state index in [1.165, 1.54) is 10.4 Å². The lowest BCUT2D eigenvalue weighted by atomic mass is 9.61. The molecule has 0 saturated heterocycles. The van der Waals surface area contributed by atoms with Gasteiger partial charge in [0.2, 0.25) is 5.91 Å². The average molecular weight is 308 g/mol. The highest BCUT2D eigenvalue weighted by Gasteiger charge is 2.44. The van der Waals surface area contributed by atoms with Gasteiger partial charge < -0.3 is 11.1 Å². The van der Waals surface area contributed by atoms with E-state index in [0.717, 1.165) is 19.3 Å². The number of hydrogen-bond acceptors (Lipinski definition) is 3. The maximum Gasteiger partial charge on any atom is 0.223 e. The van der Waals surface area contributed by atoms with Crippen LogP contribution in [0.2, 0.25) is 0 Å². The molecule has 1 amide bonds. The third-order valence-electron chi connectivity index (χ3n) is 5.46. The van der Waals surface area contributed by atoms with E-state index in [1.54, 1.807) is 11.3 Å². The Hall–Kier alpha value is -0.870. The molecule has 0 spiro atoms. The normalized spacial score (nSPS) is 28.3. The maximum absolute atomic E-state index is 12.6. The van der Waals surface area contributed by atoms with Crippen LogP contribution in [0.4, 0.5) is 0 Å². The monoisotopic (exact) mass is 308 g/mol. The first-order valence-electron chi connectivity index (χ1n) is 7.96. The molecular weight excluding hydrogens is 280 g/mol. The summed E-state index contributed by atoms with van der Waals surface area (Å²) >= 11 is 1.73. The van der Waals surface area contributed by atoms with Gasteiger partial charge >= 0.3 is 0 Å². The lowest BCUT2D eigenvalue weighted by molar-refractivity contribution is -0.132. The molecule has 1 fully saturated rings. The molecule has 3 nitrogen and oxygen atoms in total. The number of carbonyl (C=O) groups is 1. The van der Waals surface area contributed by atoms with Crippen molar-refractivity contribution in [3.8, 4) is 0 Å². The van der Waals surface area contributed by atoms with E-state index in [-0.39, 0.29) is 23.3 Å². The van der Waals surface area contributed by atoms with Gasteiger partial charge in [0.25, 0.3) is 0 Å². The van der Waals surface area contributed by atoms with Crippen molar-refractivity contribution in [2.45, 2.75) is 59.5 Å². The van der Waals surface area contributed by atoms with Crippen molar-refractivity contribution in [3.05, 3.63) is 21.9 Å². The number of rotatable bonds is 4. The van der Waals surface area contributed by atoms with Crippen LogP contribution in [0.3, 0.4) is 0 Å². The second kappa shape index (κ2) is 6.49. The Labute approximate surface area is 132 Å². The molecule has 3 unspecified atom stereocenters. The minimum Gasteiger partial charge on any atom is -0.351 e. The summed E-state index contributed by atoms with van der Waals surface area (Å²) in [5, 5.41) is 5.25. The van der Waals surface area contributed by atoms with Crippen LogP contribution in [0.25, 0.3) is 0 Å². The van der Waals surface area contributed by atoms with Crippen LogP contribution in [0.15, 0.2) is 11.4 Å². The van der Waals surface area contributed by atoms with Crippen LogP contribution in [0.5, 0.6) is 0 Å². The van der Waals surface area contributed by atoms with Gasteiger partial charge in [0.1, 0.15) is 0 Å². The number of aryl methyl sites for hydroxylation is 1. The second-order valence-corrected chi connectivity index (χ2v) is 7.84. The van der Waals surface area contributed by atoms with E-state index in [9.17, 15) is 4.79 Å². The van der Waals surface area contributed by atoms with Gasteiger partial charge in [-0.25, -0.2) is 0 Å². The van der Waals surface area contributed by atoms with Gasteiger partial charge in [-0.3, -0.25) is 4.79 Å². The van der Waals surface area contributed by atoms with E-state index in [0.29, 0.717) is 12.5 Å². The number of nitrogens with one attached hydrogen (secondary N) is 1. The Morgan fingerprint density at radius 2 is 2.19 bits per heavy atom. The fourth-order valence-electron chi connectivity index (χ4n) is 3.45. The molecule has 4 heteroatoms. The highest BCUT2D eigenvalue weighted by molar-refractivity contribution is 7.10. The molecule has 118 valence electrons. The topological polar surface area (TPSA) is 55.1 Å². The third-order valence-corrected chi connectivity index (χ3v) is 6.42. The molecule has 3 atom stereocenters. The van der Waals surface area contributed by atoms with E-state index in [2.05, 4.69) is 44.5 Å². The first-order valence-corrected chi connectivity index (χ1v) is 8.84. The molecule has 1 aromatic heterocycles. The number of thiophene rings is 1. The van der Waals surface area contributed by atoms with Crippen LogP contribution < -0.4 is 11.1 Å². The fraction of sp³-hybridized carbons (Fsp3) is 0.706. The Kier molecular flexibility index (Phi) is 5.10. The van der Waals surface area contributed by atoms with Gasteiger partial charge in [0.05, 0.1) is 6.54 Å². The average Bonchev–Trinajstić information content (AvgIpc) is 2.90. The first kappa shape index (κ1) is 16.5. The molecule has 0 bridgehead atoms. The predicted molar refractivity (Wildman–Crippen MR) is 89.2 cm³/mol. The molecule has 1 aliphatic rings. The lowest BCUT2D eigenvalue weighted by Crippen LogP contribution is -2.51. The maximum atomic E-state index is 12.6.